The highest BCUT2D eigenvalue weighted by atomic mass is 16.6. The van der Waals surface area contributed by atoms with E-state index in [1.807, 2.05) is 19.1 Å². The Balaban J connectivity index is 1.93. The third kappa shape index (κ3) is 4.33. The van der Waals surface area contributed by atoms with E-state index in [4.69, 9.17) is 18.6 Å². The molecule has 2 aromatic rings. The van der Waals surface area contributed by atoms with E-state index < -0.39 is 41.9 Å². The van der Waals surface area contributed by atoms with Crippen LogP contribution in [0.1, 0.15) is 27.7 Å². The van der Waals surface area contributed by atoms with Gasteiger partial charge in [-0.1, -0.05) is 0 Å². The first-order chi connectivity index (χ1) is 13.2. The number of rotatable bonds is 4. The minimum absolute atomic E-state index is 0.343. The summed E-state index contributed by atoms with van der Waals surface area (Å²) >= 11 is 0. The van der Waals surface area contributed by atoms with Crippen molar-refractivity contribution in [2.45, 2.75) is 58.2 Å². The number of carbonyl (C=O) groups excluding carboxylic acids is 2. The number of hydrogen-bond donors (Lipinski definition) is 1. The van der Waals surface area contributed by atoms with Gasteiger partial charge in [0.1, 0.15) is 5.58 Å². The van der Waals surface area contributed by atoms with E-state index in [0.717, 1.165) is 5.39 Å². The minimum atomic E-state index is -0.756. The fourth-order valence-electron chi connectivity index (χ4n) is 3.47. The van der Waals surface area contributed by atoms with Gasteiger partial charge in [-0.25, -0.2) is 4.79 Å². The number of ether oxygens (including phenoxy) is 3. The number of carbonyl (C=O) groups is 2. The van der Waals surface area contributed by atoms with Crippen LogP contribution in [-0.4, -0.2) is 42.4 Å². The van der Waals surface area contributed by atoms with Crippen molar-refractivity contribution < 1.29 is 28.2 Å². The normalized spacial score (nSPS) is 27.2. The first kappa shape index (κ1) is 19.9. The Morgan fingerprint density at radius 1 is 0.964 bits per heavy atom. The molecule has 2 heterocycles. The van der Waals surface area contributed by atoms with Gasteiger partial charge in [-0.2, -0.15) is 0 Å². The molecule has 5 unspecified atom stereocenters. The highest BCUT2D eigenvalue weighted by molar-refractivity contribution is 5.80. The first-order valence-electron chi connectivity index (χ1n) is 9.05. The molecule has 1 aromatic heterocycles. The van der Waals surface area contributed by atoms with Crippen molar-refractivity contribution in [1.82, 2.24) is 0 Å². The van der Waals surface area contributed by atoms with Crippen molar-refractivity contribution in [2.75, 3.05) is 5.32 Å². The summed E-state index contributed by atoms with van der Waals surface area (Å²) in [6.07, 6.45) is -2.30. The molecule has 0 amide bonds. The van der Waals surface area contributed by atoms with Crippen molar-refractivity contribution in [1.29, 1.82) is 0 Å². The maximum Gasteiger partial charge on any atom is 0.336 e. The van der Waals surface area contributed by atoms with Gasteiger partial charge in [0, 0.05) is 37.1 Å². The summed E-state index contributed by atoms with van der Waals surface area (Å²) in [6.45, 7) is 6.21. The van der Waals surface area contributed by atoms with Crippen LogP contribution >= 0.6 is 0 Å². The average molecular weight is 389 g/mol. The number of fused-ring (bicyclic) bond motifs is 1. The average Bonchev–Trinajstić information content (AvgIpc) is 2.60. The zero-order chi connectivity index (χ0) is 20.4. The molecule has 1 saturated heterocycles. The lowest BCUT2D eigenvalue weighted by atomic mass is 9.93. The van der Waals surface area contributed by atoms with Crippen LogP contribution in [0.25, 0.3) is 11.0 Å². The Hall–Kier alpha value is -2.87. The van der Waals surface area contributed by atoms with E-state index in [0.29, 0.717) is 11.3 Å². The van der Waals surface area contributed by atoms with Crippen molar-refractivity contribution in [3.63, 3.8) is 0 Å². The quantitative estimate of drug-likeness (QED) is 0.627. The smallest absolute Gasteiger partial charge is 0.336 e. The molecule has 0 spiro atoms. The molecule has 8 nitrogen and oxygen atoms in total. The second-order valence-corrected chi connectivity index (χ2v) is 6.87. The predicted molar refractivity (Wildman–Crippen MR) is 101 cm³/mol. The van der Waals surface area contributed by atoms with Crippen LogP contribution in [-0.2, 0) is 23.8 Å². The highest BCUT2D eigenvalue weighted by Gasteiger charge is 2.46. The van der Waals surface area contributed by atoms with E-state index in [-0.39, 0.29) is 6.10 Å². The number of anilines is 1. The molecule has 1 aliphatic rings. The van der Waals surface area contributed by atoms with E-state index in [1.165, 1.54) is 19.9 Å². The topological polar surface area (TPSA) is 104 Å². The molecule has 1 aliphatic heterocycles. The monoisotopic (exact) mass is 389 g/mol. The third-order valence-corrected chi connectivity index (χ3v) is 4.64. The fourth-order valence-corrected chi connectivity index (χ4v) is 3.47. The zero-order valence-corrected chi connectivity index (χ0v) is 16.1. The summed E-state index contributed by atoms with van der Waals surface area (Å²) in [5.74, 6) is -0.974. The van der Waals surface area contributed by atoms with Gasteiger partial charge in [-0.15, -0.1) is 0 Å². The molecule has 0 aliphatic carbocycles. The molecule has 0 bridgehead atoms. The van der Waals surface area contributed by atoms with Gasteiger partial charge in [0.15, 0.2) is 12.2 Å². The van der Waals surface area contributed by atoms with Gasteiger partial charge in [-0.05, 0) is 32.0 Å². The summed E-state index contributed by atoms with van der Waals surface area (Å²) in [6, 6.07) is 7.86. The standard InChI is InChI=1S/C20H23NO7/c1-10-18(20(27-13(4)23)19(11(2)25-10)26-12(3)22)21-15-7-5-14-6-8-17(24)28-16(14)9-15/h5-11,18-21H,1-4H3. The van der Waals surface area contributed by atoms with Gasteiger partial charge >= 0.3 is 17.6 Å². The van der Waals surface area contributed by atoms with Crippen LogP contribution in [0, 0.1) is 0 Å². The Morgan fingerprint density at radius 2 is 1.61 bits per heavy atom. The number of hydrogen-bond acceptors (Lipinski definition) is 8. The van der Waals surface area contributed by atoms with Gasteiger partial charge in [0.05, 0.1) is 18.2 Å². The molecule has 0 radical (unpaired) electrons. The summed E-state index contributed by atoms with van der Waals surface area (Å²) < 4.78 is 22.0. The molecule has 3 rings (SSSR count). The van der Waals surface area contributed by atoms with Crippen molar-refractivity contribution in [2.24, 2.45) is 0 Å². The van der Waals surface area contributed by atoms with Crippen LogP contribution in [0.15, 0.2) is 39.5 Å². The molecule has 5 atom stereocenters. The number of benzene rings is 1. The van der Waals surface area contributed by atoms with Crippen LogP contribution in [0.5, 0.6) is 0 Å². The minimum Gasteiger partial charge on any atom is -0.456 e. The third-order valence-electron chi connectivity index (χ3n) is 4.64. The van der Waals surface area contributed by atoms with Crippen LogP contribution in [0.4, 0.5) is 5.69 Å². The van der Waals surface area contributed by atoms with Gasteiger partial charge in [0.2, 0.25) is 0 Å². The summed E-state index contributed by atoms with van der Waals surface area (Å²) in [4.78, 5) is 34.7. The Kier molecular flexibility index (Phi) is 5.69. The lowest BCUT2D eigenvalue weighted by Crippen LogP contribution is -2.61. The summed E-state index contributed by atoms with van der Waals surface area (Å²) in [5.41, 5.74) is 0.631. The Morgan fingerprint density at radius 3 is 2.29 bits per heavy atom. The van der Waals surface area contributed by atoms with Crippen LogP contribution < -0.4 is 10.9 Å². The highest BCUT2D eigenvalue weighted by Crippen LogP contribution is 2.29. The molecule has 28 heavy (non-hydrogen) atoms. The van der Waals surface area contributed by atoms with Gasteiger partial charge in [-0.3, -0.25) is 9.59 Å². The molecular formula is C20H23NO7. The van der Waals surface area contributed by atoms with E-state index in [9.17, 15) is 14.4 Å². The van der Waals surface area contributed by atoms with Gasteiger partial charge < -0.3 is 23.9 Å². The number of esters is 2. The van der Waals surface area contributed by atoms with E-state index in [2.05, 4.69) is 5.32 Å². The maximum atomic E-state index is 11.7. The molecule has 1 fully saturated rings. The molecular weight excluding hydrogens is 366 g/mol. The van der Waals surface area contributed by atoms with Gasteiger partial charge in [0.25, 0.3) is 0 Å². The van der Waals surface area contributed by atoms with E-state index in [1.54, 1.807) is 19.1 Å². The van der Waals surface area contributed by atoms with E-state index >= 15 is 0 Å². The van der Waals surface area contributed by atoms with Crippen LogP contribution in [0.2, 0.25) is 0 Å². The number of nitrogens with one attached hydrogen (secondary N) is 1. The second-order valence-electron chi connectivity index (χ2n) is 6.87. The molecule has 150 valence electrons. The molecule has 1 aromatic carbocycles. The fraction of sp³-hybridized carbons (Fsp3) is 0.450. The Labute approximate surface area is 161 Å². The maximum absolute atomic E-state index is 11.7. The predicted octanol–water partition coefficient (Wildman–Crippen LogP) is 2.24. The largest absolute Gasteiger partial charge is 0.456 e. The van der Waals surface area contributed by atoms with Crippen molar-refractivity contribution in [3.8, 4) is 0 Å². The molecule has 1 N–H and O–H groups in total. The van der Waals surface area contributed by atoms with Crippen LogP contribution in [0.3, 0.4) is 0 Å². The van der Waals surface area contributed by atoms with Crippen molar-refractivity contribution >= 4 is 28.6 Å². The lowest BCUT2D eigenvalue weighted by Gasteiger charge is -2.44. The Bertz CT molecular complexity index is 938. The lowest BCUT2D eigenvalue weighted by molar-refractivity contribution is -0.204. The zero-order valence-electron chi connectivity index (χ0n) is 16.1. The van der Waals surface area contributed by atoms with Crippen molar-refractivity contribution in [3.05, 3.63) is 40.8 Å². The first-order valence-corrected chi connectivity index (χ1v) is 9.05. The summed E-state index contributed by atoms with van der Waals surface area (Å²) in [7, 11) is 0. The molecule has 0 saturated carbocycles. The SMILES string of the molecule is CC(=O)OC1C(C)OC(C)C(Nc2ccc3ccc(=O)oc3c2)C1OC(C)=O. The molecule has 8 heteroatoms. The second kappa shape index (κ2) is 8.02. The summed E-state index contributed by atoms with van der Waals surface area (Å²) in [5, 5.41) is 4.04.